The maximum atomic E-state index is 11.9. The first-order valence-electron chi connectivity index (χ1n) is 7.43. The van der Waals surface area contributed by atoms with Crippen molar-refractivity contribution in [2.24, 2.45) is 0 Å². The molecule has 0 saturated carbocycles. The first kappa shape index (κ1) is 17.8. The number of anilines is 1. The smallest absolute Gasteiger partial charge is 0.224 e. The summed E-state index contributed by atoms with van der Waals surface area (Å²) in [6.45, 7) is 3.88. The van der Waals surface area contributed by atoms with Crippen molar-refractivity contribution < 1.29 is 9.53 Å². The zero-order chi connectivity index (χ0) is 16.8. The van der Waals surface area contributed by atoms with Crippen LogP contribution >= 0.6 is 27.5 Å². The van der Waals surface area contributed by atoms with Crippen LogP contribution in [0.3, 0.4) is 0 Å². The summed E-state index contributed by atoms with van der Waals surface area (Å²) < 4.78 is 6.75. The number of hydrogen-bond donors (Lipinski definition) is 1. The molecule has 0 aliphatic heterocycles. The number of hydrogen-bond acceptors (Lipinski definition) is 2. The van der Waals surface area contributed by atoms with Crippen LogP contribution in [-0.4, -0.2) is 12.0 Å². The fourth-order valence-electron chi connectivity index (χ4n) is 2.08. The van der Waals surface area contributed by atoms with Crippen LogP contribution in [-0.2, 0) is 4.79 Å². The predicted molar refractivity (Wildman–Crippen MR) is 98.3 cm³/mol. The van der Waals surface area contributed by atoms with Gasteiger partial charge in [0.25, 0.3) is 0 Å². The van der Waals surface area contributed by atoms with E-state index in [2.05, 4.69) is 21.2 Å². The lowest BCUT2D eigenvalue weighted by Gasteiger charge is -2.17. The van der Waals surface area contributed by atoms with Gasteiger partial charge < -0.3 is 10.1 Å². The van der Waals surface area contributed by atoms with Gasteiger partial charge in [-0.2, -0.15) is 0 Å². The van der Waals surface area contributed by atoms with E-state index < -0.39 is 0 Å². The minimum atomic E-state index is -0.0756. The molecular formula is C18H19BrClNO2. The maximum Gasteiger partial charge on any atom is 0.224 e. The fraction of sp³-hybridized carbons (Fsp3) is 0.278. The third-order valence-corrected chi connectivity index (χ3v) is 4.84. The normalized spacial score (nSPS) is 11.8. The molecule has 0 aliphatic carbocycles. The zero-order valence-electron chi connectivity index (χ0n) is 13.1. The number of amides is 1. The van der Waals surface area contributed by atoms with Crippen LogP contribution in [0.5, 0.6) is 5.75 Å². The molecule has 2 rings (SSSR count). The molecule has 5 heteroatoms. The Morgan fingerprint density at radius 2 is 1.96 bits per heavy atom. The summed E-state index contributed by atoms with van der Waals surface area (Å²) >= 11 is 9.56. The number of para-hydroxylation sites is 1. The minimum absolute atomic E-state index is 0.0157. The quantitative estimate of drug-likeness (QED) is 0.690. The molecule has 2 aromatic rings. The molecule has 0 aromatic heterocycles. The van der Waals surface area contributed by atoms with E-state index in [9.17, 15) is 4.79 Å². The van der Waals surface area contributed by atoms with Gasteiger partial charge in [0.2, 0.25) is 5.91 Å². The number of rotatable bonds is 6. The average molecular weight is 397 g/mol. The Bertz CT molecular complexity index is 676. The van der Waals surface area contributed by atoms with Gasteiger partial charge in [-0.25, -0.2) is 0 Å². The van der Waals surface area contributed by atoms with E-state index >= 15 is 0 Å². The molecule has 23 heavy (non-hydrogen) atoms. The third kappa shape index (κ3) is 5.26. The highest BCUT2D eigenvalue weighted by molar-refractivity contribution is 9.10. The summed E-state index contributed by atoms with van der Waals surface area (Å²) in [5.41, 5.74) is 1.75. The molecule has 1 unspecified atom stereocenters. The first-order valence-corrected chi connectivity index (χ1v) is 8.60. The van der Waals surface area contributed by atoms with Crippen LogP contribution in [0, 0.1) is 6.92 Å². The molecule has 0 radical (unpaired) electrons. The largest absolute Gasteiger partial charge is 0.490 e. The second-order valence-corrected chi connectivity index (χ2v) is 6.57. The molecule has 1 amide bonds. The highest BCUT2D eigenvalue weighted by atomic mass is 79.9. The van der Waals surface area contributed by atoms with E-state index in [-0.39, 0.29) is 12.0 Å². The number of benzene rings is 2. The Hall–Kier alpha value is -1.52. The lowest BCUT2D eigenvalue weighted by molar-refractivity contribution is -0.116. The van der Waals surface area contributed by atoms with Gasteiger partial charge in [-0.1, -0.05) is 29.8 Å². The van der Waals surface area contributed by atoms with Crippen LogP contribution in [0.2, 0.25) is 5.02 Å². The van der Waals surface area contributed by atoms with Gasteiger partial charge in [-0.3, -0.25) is 4.79 Å². The van der Waals surface area contributed by atoms with E-state index in [1.54, 1.807) is 0 Å². The lowest BCUT2D eigenvalue weighted by atomic mass is 10.2. The van der Waals surface area contributed by atoms with E-state index in [4.69, 9.17) is 16.3 Å². The molecule has 1 N–H and O–H groups in total. The van der Waals surface area contributed by atoms with Crippen LogP contribution in [0.25, 0.3) is 0 Å². The number of carbonyl (C=O) groups is 1. The Morgan fingerprint density at radius 1 is 1.26 bits per heavy atom. The van der Waals surface area contributed by atoms with Crippen LogP contribution in [0.4, 0.5) is 5.69 Å². The van der Waals surface area contributed by atoms with Gasteiger partial charge in [0, 0.05) is 17.1 Å². The van der Waals surface area contributed by atoms with Crippen molar-refractivity contribution in [2.45, 2.75) is 32.8 Å². The summed E-state index contributed by atoms with van der Waals surface area (Å²) in [7, 11) is 0. The molecule has 122 valence electrons. The summed E-state index contributed by atoms with van der Waals surface area (Å²) in [5, 5.41) is 3.56. The fourth-order valence-corrected chi connectivity index (χ4v) is 2.79. The van der Waals surface area contributed by atoms with Gasteiger partial charge in [0.15, 0.2) is 0 Å². The molecule has 3 nitrogen and oxygen atoms in total. The second kappa shape index (κ2) is 8.37. The SMILES string of the molecule is Cc1c(Cl)ccc(OC(C)CCC(=O)Nc2ccccc2)c1Br. The Morgan fingerprint density at radius 3 is 2.65 bits per heavy atom. The van der Waals surface area contributed by atoms with Gasteiger partial charge >= 0.3 is 0 Å². The molecule has 0 heterocycles. The van der Waals surface area contributed by atoms with Gasteiger partial charge in [-0.05, 0) is 66.0 Å². The molecular weight excluding hydrogens is 378 g/mol. The van der Waals surface area contributed by atoms with E-state index in [1.165, 1.54) is 0 Å². The van der Waals surface area contributed by atoms with E-state index in [0.29, 0.717) is 17.9 Å². The monoisotopic (exact) mass is 395 g/mol. The summed E-state index contributed by atoms with van der Waals surface area (Å²) in [5.74, 6) is 0.723. The standard InChI is InChI=1S/C18H19BrClNO2/c1-12(23-16-10-9-15(20)13(2)18(16)19)8-11-17(22)21-14-6-4-3-5-7-14/h3-7,9-10,12H,8,11H2,1-2H3,(H,21,22). The van der Waals surface area contributed by atoms with Crippen LogP contribution in [0.15, 0.2) is 46.9 Å². The first-order chi connectivity index (χ1) is 11.0. The number of ether oxygens (including phenoxy) is 1. The van der Waals surface area contributed by atoms with Crippen molar-refractivity contribution in [2.75, 3.05) is 5.32 Å². The minimum Gasteiger partial charge on any atom is -0.490 e. The van der Waals surface area contributed by atoms with Crippen molar-refractivity contribution in [3.63, 3.8) is 0 Å². The van der Waals surface area contributed by atoms with Crippen molar-refractivity contribution in [1.82, 2.24) is 0 Å². The highest BCUT2D eigenvalue weighted by Gasteiger charge is 2.12. The Kier molecular flexibility index (Phi) is 6.48. The average Bonchev–Trinajstić information content (AvgIpc) is 2.54. The predicted octanol–water partition coefficient (Wildman–Crippen LogP) is 5.60. The van der Waals surface area contributed by atoms with Crippen molar-refractivity contribution >= 4 is 39.1 Å². The van der Waals surface area contributed by atoms with Crippen LogP contribution in [0.1, 0.15) is 25.3 Å². The number of nitrogens with one attached hydrogen (secondary N) is 1. The molecule has 1 atom stereocenters. The number of carbonyl (C=O) groups excluding carboxylic acids is 1. The summed E-state index contributed by atoms with van der Waals surface area (Å²) in [6.07, 6.45) is 0.959. The van der Waals surface area contributed by atoms with Gasteiger partial charge in [0.05, 0.1) is 10.6 Å². The topological polar surface area (TPSA) is 38.3 Å². The molecule has 0 aliphatic rings. The Labute approximate surface area is 150 Å². The van der Waals surface area contributed by atoms with Crippen molar-refractivity contribution in [3.05, 3.63) is 57.5 Å². The molecule has 0 bridgehead atoms. The zero-order valence-corrected chi connectivity index (χ0v) is 15.4. The molecule has 0 fully saturated rings. The van der Waals surface area contributed by atoms with Gasteiger partial charge in [0.1, 0.15) is 5.75 Å². The summed E-state index contributed by atoms with van der Waals surface area (Å²) in [6, 6.07) is 13.1. The third-order valence-electron chi connectivity index (χ3n) is 3.45. The molecule has 0 spiro atoms. The van der Waals surface area contributed by atoms with Crippen LogP contribution < -0.4 is 10.1 Å². The van der Waals surface area contributed by atoms with Crippen molar-refractivity contribution in [1.29, 1.82) is 0 Å². The molecule has 2 aromatic carbocycles. The van der Waals surface area contributed by atoms with E-state index in [1.807, 2.05) is 56.3 Å². The number of halogens is 2. The van der Waals surface area contributed by atoms with Crippen molar-refractivity contribution in [3.8, 4) is 5.75 Å². The maximum absolute atomic E-state index is 11.9. The lowest BCUT2D eigenvalue weighted by Crippen LogP contribution is -2.18. The Balaban J connectivity index is 1.84. The highest BCUT2D eigenvalue weighted by Crippen LogP contribution is 2.33. The molecule has 0 saturated heterocycles. The second-order valence-electron chi connectivity index (χ2n) is 5.37. The van der Waals surface area contributed by atoms with E-state index in [0.717, 1.165) is 21.5 Å². The van der Waals surface area contributed by atoms with Gasteiger partial charge in [-0.15, -0.1) is 0 Å². The summed E-state index contributed by atoms with van der Waals surface area (Å²) in [4.78, 5) is 11.9.